The molecule has 0 atom stereocenters. The summed E-state index contributed by atoms with van der Waals surface area (Å²) in [6.07, 6.45) is 5.29. The number of carboxylic acid groups (broad SMARTS) is 1. The predicted octanol–water partition coefficient (Wildman–Crippen LogP) is 3.26. The number of ether oxygens (including phenoxy) is 1. The van der Waals surface area contributed by atoms with Gasteiger partial charge in [-0.1, -0.05) is 6.42 Å². The fourth-order valence-corrected chi connectivity index (χ4v) is 2.78. The van der Waals surface area contributed by atoms with Crippen LogP contribution in [0.3, 0.4) is 0 Å². The second-order valence-electron chi connectivity index (χ2n) is 5.55. The number of hydrogen-bond acceptors (Lipinski definition) is 2. The average Bonchev–Trinajstić information content (AvgIpc) is 2.23. The van der Waals surface area contributed by atoms with Gasteiger partial charge in [-0.25, -0.2) is 4.39 Å². The Labute approximate surface area is 111 Å². The molecule has 0 heterocycles. The number of benzene rings is 1. The van der Waals surface area contributed by atoms with Crippen molar-refractivity contribution in [3.05, 3.63) is 29.6 Å². The van der Waals surface area contributed by atoms with Crippen LogP contribution < -0.4 is 4.74 Å². The molecule has 2 fully saturated rings. The van der Waals surface area contributed by atoms with Crippen molar-refractivity contribution in [2.75, 3.05) is 0 Å². The first-order chi connectivity index (χ1) is 9.12. The topological polar surface area (TPSA) is 46.5 Å². The van der Waals surface area contributed by atoms with Gasteiger partial charge in [-0.15, -0.1) is 0 Å². The van der Waals surface area contributed by atoms with E-state index in [1.165, 1.54) is 12.1 Å². The molecule has 4 heteroatoms. The molecule has 0 bridgehead atoms. The number of hydrogen-bond donors (Lipinski definition) is 1. The Morgan fingerprint density at radius 3 is 2.53 bits per heavy atom. The van der Waals surface area contributed by atoms with Gasteiger partial charge in [0.05, 0.1) is 11.5 Å². The van der Waals surface area contributed by atoms with Gasteiger partial charge in [0.25, 0.3) is 0 Å². The zero-order valence-electron chi connectivity index (χ0n) is 10.7. The third kappa shape index (κ3) is 1.99. The van der Waals surface area contributed by atoms with Crippen molar-refractivity contribution in [3.8, 4) is 5.75 Å². The van der Waals surface area contributed by atoms with Crippen molar-refractivity contribution in [1.82, 2.24) is 0 Å². The fraction of sp³-hybridized carbons (Fsp3) is 0.533. The molecule has 1 aromatic rings. The summed E-state index contributed by atoms with van der Waals surface area (Å²) in [6, 6.07) is 4.25. The molecule has 0 unspecified atom stereocenters. The Kier molecular flexibility index (Phi) is 2.96. The molecular formula is C15H17FO3. The lowest BCUT2D eigenvalue weighted by Crippen LogP contribution is -2.43. The molecule has 0 saturated heterocycles. The van der Waals surface area contributed by atoms with Gasteiger partial charge in [-0.05, 0) is 50.3 Å². The van der Waals surface area contributed by atoms with Crippen molar-refractivity contribution >= 4 is 5.97 Å². The molecule has 3 nitrogen and oxygen atoms in total. The van der Waals surface area contributed by atoms with Crippen molar-refractivity contribution in [3.63, 3.8) is 0 Å². The number of rotatable bonds is 4. The van der Waals surface area contributed by atoms with E-state index in [0.29, 0.717) is 24.2 Å². The van der Waals surface area contributed by atoms with Gasteiger partial charge in [-0.2, -0.15) is 0 Å². The Bertz CT molecular complexity index is 504. The van der Waals surface area contributed by atoms with Crippen molar-refractivity contribution in [2.45, 2.75) is 50.0 Å². The maximum Gasteiger partial charge on any atom is 0.314 e. The molecule has 0 amide bonds. The molecule has 0 aliphatic heterocycles. The molecule has 2 aliphatic carbocycles. The molecule has 0 aromatic heterocycles. The highest BCUT2D eigenvalue weighted by Crippen LogP contribution is 2.48. The van der Waals surface area contributed by atoms with E-state index in [1.54, 1.807) is 6.07 Å². The molecule has 1 N–H and O–H groups in total. The molecule has 1 aromatic carbocycles. The molecule has 102 valence electrons. The van der Waals surface area contributed by atoms with Crippen molar-refractivity contribution < 1.29 is 19.0 Å². The van der Waals surface area contributed by atoms with Gasteiger partial charge in [0.2, 0.25) is 0 Å². The summed E-state index contributed by atoms with van der Waals surface area (Å²) >= 11 is 0. The van der Waals surface area contributed by atoms with E-state index in [0.717, 1.165) is 25.7 Å². The highest BCUT2D eigenvalue weighted by molar-refractivity contribution is 5.83. The maximum absolute atomic E-state index is 13.5. The first-order valence-electron chi connectivity index (χ1n) is 6.82. The van der Waals surface area contributed by atoms with Gasteiger partial charge in [-0.3, -0.25) is 4.79 Å². The van der Waals surface area contributed by atoms with Gasteiger partial charge in [0.1, 0.15) is 11.6 Å². The van der Waals surface area contributed by atoms with Gasteiger partial charge < -0.3 is 9.84 Å². The van der Waals surface area contributed by atoms with Crippen LogP contribution in [0.25, 0.3) is 0 Å². The van der Waals surface area contributed by atoms with E-state index in [4.69, 9.17) is 4.74 Å². The predicted molar refractivity (Wildman–Crippen MR) is 67.8 cm³/mol. The Morgan fingerprint density at radius 1 is 1.32 bits per heavy atom. The SMILES string of the molecule is O=C(O)C1(c2cc(F)ccc2OC2CCC2)CCC1. The van der Waals surface area contributed by atoms with Gasteiger partial charge in [0, 0.05) is 5.56 Å². The van der Waals surface area contributed by atoms with Crippen LogP contribution in [-0.2, 0) is 10.2 Å². The quantitative estimate of drug-likeness (QED) is 0.908. The molecule has 0 spiro atoms. The largest absolute Gasteiger partial charge is 0.490 e. The maximum atomic E-state index is 13.5. The van der Waals surface area contributed by atoms with Crippen LogP contribution in [-0.4, -0.2) is 17.2 Å². The zero-order chi connectivity index (χ0) is 13.5. The third-order valence-electron chi connectivity index (χ3n) is 4.42. The van der Waals surface area contributed by atoms with Gasteiger partial charge >= 0.3 is 5.97 Å². The molecule has 0 radical (unpaired) electrons. The van der Waals surface area contributed by atoms with Crippen LogP contribution in [0.1, 0.15) is 44.1 Å². The van der Waals surface area contributed by atoms with Crippen LogP contribution in [0.2, 0.25) is 0 Å². The summed E-state index contributed by atoms with van der Waals surface area (Å²) in [4.78, 5) is 11.6. The van der Waals surface area contributed by atoms with E-state index >= 15 is 0 Å². The summed E-state index contributed by atoms with van der Waals surface area (Å²) in [5.41, 5.74) is -0.431. The smallest absolute Gasteiger partial charge is 0.314 e. The highest BCUT2D eigenvalue weighted by atomic mass is 19.1. The Morgan fingerprint density at radius 2 is 2.05 bits per heavy atom. The van der Waals surface area contributed by atoms with Crippen LogP contribution >= 0.6 is 0 Å². The molecule has 2 saturated carbocycles. The molecular weight excluding hydrogens is 247 g/mol. The van der Waals surface area contributed by atoms with E-state index in [1.807, 2.05) is 0 Å². The van der Waals surface area contributed by atoms with E-state index in [9.17, 15) is 14.3 Å². The lowest BCUT2D eigenvalue weighted by Gasteiger charge is -2.40. The third-order valence-corrected chi connectivity index (χ3v) is 4.42. The summed E-state index contributed by atoms with van der Waals surface area (Å²) in [5, 5.41) is 9.48. The van der Waals surface area contributed by atoms with E-state index in [2.05, 4.69) is 0 Å². The number of carbonyl (C=O) groups is 1. The van der Waals surface area contributed by atoms with Crippen LogP contribution in [0.15, 0.2) is 18.2 Å². The minimum absolute atomic E-state index is 0.162. The normalized spacial score (nSPS) is 21.3. The zero-order valence-corrected chi connectivity index (χ0v) is 10.7. The molecule has 3 rings (SSSR count). The van der Waals surface area contributed by atoms with Crippen LogP contribution in [0.4, 0.5) is 4.39 Å². The first-order valence-corrected chi connectivity index (χ1v) is 6.82. The summed E-state index contributed by atoms with van der Waals surface area (Å²) in [6.45, 7) is 0. The standard InChI is InChI=1S/C15H17FO3/c16-10-5-6-13(19-11-3-1-4-11)12(9-10)15(14(17)18)7-2-8-15/h5-6,9,11H,1-4,7-8H2,(H,17,18). The molecule has 19 heavy (non-hydrogen) atoms. The van der Waals surface area contributed by atoms with Crippen molar-refractivity contribution in [1.29, 1.82) is 0 Å². The highest BCUT2D eigenvalue weighted by Gasteiger charge is 2.48. The van der Waals surface area contributed by atoms with Crippen LogP contribution in [0.5, 0.6) is 5.75 Å². The second-order valence-corrected chi connectivity index (χ2v) is 5.55. The summed E-state index contributed by atoms with van der Waals surface area (Å²) < 4.78 is 19.3. The van der Waals surface area contributed by atoms with E-state index < -0.39 is 17.2 Å². The van der Waals surface area contributed by atoms with E-state index in [-0.39, 0.29) is 6.10 Å². The first kappa shape index (κ1) is 12.5. The minimum atomic E-state index is -0.943. The summed E-state index contributed by atoms with van der Waals surface area (Å²) in [7, 11) is 0. The van der Waals surface area contributed by atoms with Crippen LogP contribution in [0, 0.1) is 5.82 Å². The second kappa shape index (κ2) is 4.51. The Balaban J connectivity index is 1.97. The molecule has 2 aliphatic rings. The number of aliphatic carboxylic acids is 1. The minimum Gasteiger partial charge on any atom is -0.490 e. The van der Waals surface area contributed by atoms with Gasteiger partial charge in [0.15, 0.2) is 0 Å². The fourth-order valence-electron chi connectivity index (χ4n) is 2.78. The lowest BCUT2D eigenvalue weighted by atomic mass is 9.64. The monoisotopic (exact) mass is 264 g/mol. The Hall–Kier alpha value is -1.58. The summed E-state index contributed by atoms with van der Waals surface area (Å²) in [5.74, 6) is -0.723. The average molecular weight is 264 g/mol. The number of halogens is 1. The number of carboxylic acids is 1. The van der Waals surface area contributed by atoms with Crippen molar-refractivity contribution in [2.24, 2.45) is 0 Å². The lowest BCUT2D eigenvalue weighted by molar-refractivity contribution is -0.147.